The third-order valence-corrected chi connectivity index (χ3v) is 2.98. The number of aromatic nitrogens is 2. The van der Waals surface area contributed by atoms with Crippen molar-refractivity contribution >= 4 is 0 Å². The SMILES string of the molecule is CCOCCc1noc(C2CCC(N)C2)n1. The zero-order chi connectivity index (χ0) is 11.4. The summed E-state index contributed by atoms with van der Waals surface area (Å²) in [6, 6.07) is 0.295. The van der Waals surface area contributed by atoms with Crippen molar-refractivity contribution in [1.82, 2.24) is 10.1 Å². The van der Waals surface area contributed by atoms with Crippen LogP contribution in [0.2, 0.25) is 0 Å². The van der Waals surface area contributed by atoms with E-state index in [2.05, 4.69) is 10.1 Å². The molecule has 2 rings (SSSR count). The zero-order valence-electron chi connectivity index (χ0n) is 9.69. The molecular formula is C11H19N3O2. The van der Waals surface area contributed by atoms with Crippen LogP contribution in [0.1, 0.15) is 43.8 Å². The van der Waals surface area contributed by atoms with Gasteiger partial charge in [0.25, 0.3) is 0 Å². The lowest BCUT2D eigenvalue weighted by molar-refractivity contribution is 0.149. The van der Waals surface area contributed by atoms with Crippen LogP contribution < -0.4 is 5.73 Å². The van der Waals surface area contributed by atoms with Crippen LogP contribution >= 0.6 is 0 Å². The highest BCUT2D eigenvalue weighted by molar-refractivity contribution is 4.99. The minimum Gasteiger partial charge on any atom is -0.381 e. The smallest absolute Gasteiger partial charge is 0.229 e. The molecule has 2 atom stereocenters. The molecule has 2 unspecified atom stereocenters. The fourth-order valence-corrected chi connectivity index (χ4v) is 2.08. The Kier molecular flexibility index (Phi) is 3.90. The fourth-order valence-electron chi connectivity index (χ4n) is 2.08. The Hall–Kier alpha value is -0.940. The Labute approximate surface area is 95.3 Å². The molecule has 0 amide bonds. The van der Waals surface area contributed by atoms with Crippen LogP contribution in [0.3, 0.4) is 0 Å². The van der Waals surface area contributed by atoms with E-state index in [0.717, 1.165) is 44.0 Å². The summed E-state index contributed by atoms with van der Waals surface area (Å²) >= 11 is 0. The van der Waals surface area contributed by atoms with E-state index in [9.17, 15) is 0 Å². The predicted octanol–water partition coefficient (Wildman–Crippen LogP) is 1.24. The van der Waals surface area contributed by atoms with Crippen LogP contribution in [0.25, 0.3) is 0 Å². The first-order valence-corrected chi connectivity index (χ1v) is 5.95. The maximum absolute atomic E-state index is 5.86. The minimum absolute atomic E-state index is 0.295. The van der Waals surface area contributed by atoms with E-state index in [0.29, 0.717) is 18.6 Å². The highest BCUT2D eigenvalue weighted by Gasteiger charge is 2.27. The van der Waals surface area contributed by atoms with Gasteiger partial charge in [-0.25, -0.2) is 0 Å². The molecular weight excluding hydrogens is 206 g/mol. The molecule has 1 aromatic heterocycles. The highest BCUT2D eigenvalue weighted by atomic mass is 16.5. The molecule has 1 fully saturated rings. The summed E-state index contributed by atoms with van der Waals surface area (Å²) in [5.41, 5.74) is 5.86. The van der Waals surface area contributed by atoms with Gasteiger partial charge in [-0.2, -0.15) is 4.98 Å². The number of rotatable bonds is 5. The normalized spacial score (nSPS) is 25.1. The lowest BCUT2D eigenvalue weighted by Crippen LogP contribution is -2.14. The maximum atomic E-state index is 5.86. The van der Waals surface area contributed by atoms with E-state index < -0.39 is 0 Å². The summed E-state index contributed by atoms with van der Waals surface area (Å²) in [5.74, 6) is 1.85. The van der Waals surface area contributed by atoms with Crippen LogP contribution in [0.5, 0.6) is 0 Å². The van der Waals surface area contributed by atoms with Crippen molar-refractivity contribution in [2.75, 3.05) is 13.2 Å². The van der Waals surface area contributed by atoms with E-state index in [1.165, 1.54) is 0 Å². The first kappa shape index (κ1) is 11.5. The van der Waals surface area contributed by atoms with Gasteiger partial charge < -0.3 is 15.0 Å². The van der Waals surface area contributed by atoms with E-state index >= 15 is 0 Å². The second kappa shape index (κ2) is 5.41. The van der Waals surface area contributed by atoms with E-state index in [1.807, 2.05) is 6.92 Å². The first-order valence-electron chi connectivity index (χ1n) is 5.95. The molecule has 1 aliphatic rings. The van der Waals surface area contributed by atoms with Crippen LogP contribution in [-0.2, 0) is 11.2 Å². The van der Waals surface area contributed by atoms with Gasteiger partial charge in [0.15, 0.2) is 5.82 Å². The van der Waals surface area contributed by atoms with Gasteiger partial charge in [-0.15, -0.1) is 0 Å². The molecule has 5 nitrogen and oxygen atoms in total. The Bertz CT molecular complexity index is 327. The summed E-state index contributed by atoms with van der Waals surface area (Å²) < 4.78 is 10.5. The van der Waals surface area contributed by atoms with Crippen molar-refractivity contribution in [3.8, 4) is 0 Å². The molecule has 0 radical (unpaired) electrons. The van der Waals surface area contributed by atoms with Gasteiger partial charge in [-0.1, -0.05) is 5.16 Å². The average Bonchev–Trinajstić information content (AvgIpc) is 2.87. The molecule has 16 heavy (non-hydrogen) atoms. The molecule has 5 heteroatoms. The molecule has 0 spiro atoms. The van der Waals surface area contributed by atoms with Gasteiger partial charge in [0.1, 0.15) is 0 Å². The third kappa shape index (κ3) is 2.80. The standard InChI is InChI=1S/C11H19N3O2/c1-2-15-6-5-10-13-11(16-14-10)8-3-4-9(12)7-8/h8-9H,2-7,12H2,1H3. The first-order chi connectivity index (χ1) is 7.79. The van der Waals surface area contributed by atoms with E-state index in [-0.39, 0.29) is 0 Å². The number of ether oxygens (including phenoxy) is 1. The molecule has 0 aromatic carbocycles. The van der Waals surface area contributed by atoms with Gasteiger partial charge in [-0.05, 0) is 26.2 Å². The topological polar surface area (TPSA) is 74.2 Å². The maximum Gasteiger partial charge on any atom is 0.229 e. The fraction of sp³-hybridized carbons (Fsp3) is 0.818. The van der Waals surface area contributed by atoms with Crippen LogP contribution in [0.4, 0.5) is 0 Å². The van der Waals surface area contributed by atoms with E-state index in [1.54, 1.807) is 0 Å². The molecule has 0 aliphatic heterocycles. The lowest BCUT2D eigenvalue weighted by atomic mass is 10.1. The van der Waals surface area contributed by atoms with Crippen molar-refractivity contribution in [2.24, 2.45) is 5.73 Å². The van der Waals surface area contributed by atoms with Crippen LogP contribution in [-0.4, -0.2) is 29.4 Å². The second-order valence-corrected chi connectivity index (χ2v) is 4.27. The number of nitrogens with two attached hydrogens (primary N) is 1. The van der Waals surface area contributed by atoms with Crippen molar-refractivity contribution < 1.29 is 9.26 Å². The monoisotopic (exact) mass is 225 g/mol. The predicted molar refractivity (Wildman–Crippen MR) is 59.1 cm³/mol. The molecule has 0 bridgehead atoms. The van der Waals surface area contributed by atoms with Crippen molar-refractivity contribution in [3.63, 3.8) is 0 Å². The van der Waals surface area contributed by atoms with E-state index in [4.69, 9.17) is 15.0 Å². The summed E-state index contributed by atoms with van der Waals surface area (Å²) in [7, 11) is 0. The average molecular weight is 225 g/mol. The molecule has 1 aromatic rings. The van der Waals surface area contributed by atoms with Crippen molar-refractivity contribution in [1.29, 1.82) is 0 Å². The number of hydrogen-bond donors (Lipinski definition) is 1. The lowest BCUT2D eigenvalue weighted by Gasteiger charge is -2.01. The molecule has 1 saturated carbocycles. The summed E-state index contributed by atoms with van der Waals surface area (Å²) in [4.78, 5) is 4.39. The molecule has 1 aliphatic carbocycles. The Morgan fingerprint density at radius 3 is 3.06 bits per heavy atom. The van der Waals surface area contributed by atoms with Gasteiger partial charge in [0.05, 0.1) is 6.61 Å². The van der Waals surface area contributed by atoms with Crippen molar-refractivity contribution in [3.05, 3.63) is 11.7 Å². The Morgan fingerprint density at radius 2 is 2.38 bits per heavy atom. The second-order valence-electron chi connectivity index (χ2n) is 4.27. The molecule has 2 N–H and O–H groups in total. The van der Waals surface area contributed by atoms with Gasteiger partial charge in [0.2, 0.25) is 5.89 Å². The largest absolute Gasteiger partial charge is 0.381 e. The number of nitrogens with zero attached hydrogens (tertiary/aromatic N) is 2. The summed E-state index contributed by atoms with van der Waals surface area (Å²) in [6.07, 6.45) is 3.80. The summed E-state index contributed by atoms with van der Waals surface area (Å²) in [5, 5.41) is 3.95. The molecule has 0 saturated heterocycles. The molecule has 90 valence electrons. The highest BCUT2D eigenvalue weighted by Crippen LogP contribution is 2.32. The summed E-state index contributed by atoms with van der Waals surface area (Å²) in [6.45, 7) is 3.35. The van der Waals surface area contributed by atoms with Crippen LogP contribution in [0.15, 0.2) is 4.52 Å². The molecule has 1 heterocycles. The third-order valence-electron chi connectivity index (χ3n) is 2.98. The quantitative estimate of drug-likeness (QED) is 0.763. The van der Waals surface area contributed by atoms with Gasteiger partial charge in [-0.3, -0.25) is 0 Å². The van der Waals surface area contributed by atoms with Crippen molar-refractivity contribution in [2.45, 2.75) is 44.6 Å². The van der Waals surface area contributed by atoms with Gasteiger partial charge in [0, 0.05) is 25.0 Å². The zero-order valence-corrected chi connectivity index (χ0v) is 9.69. The van der Waals surface area contributed by atoms with Crippen LogP contribution in [0, 0.1) is 0 Å². The Morgan fingerprint density at radius 1 is 1.50 bits per heavy atom. The Balaban J connectivity index is 1.87. The minimum atomic E-state index is 0.295. The number of hydrogen-bond acceptors (Lipinski definition) is 5. The van der Waals surface area contributed by atoms with Gasteiger partial charge >= 0.3 is 0 Å².